The number of aromatic hydroxyl groups is 1. The number of hydrogen-bond donors (Lipinski definition) is 1. The number of benzene rings is 3. The number of carbonyl (C=O) groups excluding carboxylic acids is 5. The van der Waals surface area contributed by atoms with E-state index in [0.29, 0.717) is 46.6 Å². The molecule has 1 N–H and O–H groups in total. The number of carbonyl (C=O) groups is 5. The molecular formula is C40H37NO7. The third-order valence-corrected chi connectivity index (χ3v) is 11.2. The van der Waals surface area contributed by atoms with Crippen molar-refractivity contribution < 1.29 is 33.8 Å². The van der Waals surface area contributed by atoms with Gasteiger partial charge in [-0.3, -0.25) is 28.9 Å². The Morgan fingerprint density at radius 1 is 0.896 bits per heavy atom. The highest BCUT2D eigenvalue weighted by molar-refractivity contribution is 6.23. The first-order valence-electron chi connectivity index (χ1n) is 16.5. The number of ketones is 3. The lowest BCUT2D eigenvalue weighted by molar-refractivity contribution is -0.142. The summed E-state index contributed by atoms with van der Waals surface area (Å²) >= 11 is 0. The third kappa shape index (κ3) is 4.53. The molecular weight excluding hydrogens is 606 g/mol. The molecule has 6 atom stereocenters. The Morgan fingerprint density at radius 3 is 2.27 bits per heavy atom. The van der Waals surface area contributed by atoms with Gasteiger partial charge in [0.15, 0.2) is 28.8 Å². The number of imide groups is 1. The maximum Gasteiger partial charge on any atom is 0.238 e. The van der Waals surface area contributed by atoms with Gasteiger partial charge in [0, 0.05) is 23.0 Å². The average molecular weight is 644 g/mol. The zero-order valence-electron chi connectivity index (χ0n) is 27.4. The number of nitrogens with zero attached hydrogens (tertiary/aromatic N) is 1. The molecule has 8 nitrogen and oxygen atoms in total. The second kappa shape index (κ2) is 11.5. The molecule has 0 radical (unpaired) electrons. The number of ether oxygens (including phenoxy) is 1. The van der Waals surface area contributed by atoms with Gasteiger partial charge >= 0.3 is 0 Å². The molecule has 1 aliphatic heterocycles. The van der Waals surface area contributed by atoms with Gasteiger partial charge in [0.25, 0.3) is 0 Å². The van der Waals surface area contributed by atoms with Gasteiger partial charge in [0.05, 0.1) is 29.5 Å². The Bertz CT molecular complexity index is 1960. The fourth-order valence-electron chi connectivity index (χ4n) is 8.71. The van der Waals surface area contributed by atoms with Crippen molar-refractivity contribution in [3.05, 3.63) is 112 Å². The number of fused-ring (bicyclic) bond motifs is 4. The Kier molecular flexibility index (Phi) is 7.57. The maximum atomic E-state index is 14.4. The molecule has 1 heterocycles. The van der Waals surface area contributed by atoms with Crippen LogP contribution >= 0.6 is 0 Å². The van der Waals surface area contributed by atoms with E-state index in [1.54, 1.807) is 74.5 Å². The summed E-state index contributed by atoms with van der Waals surface area (Å²) in [4.78, 5) is 70.8. The monoisotopic (exact) mass is 643 g/mol. The fraction of sp³-hybridized carbons (Fsp3) is 0.325. The van der Waals surface area contributed by atoms with Crippen molar-refractivity contribution in [3.63, 3.8) is 0 Å². The molecule has 0 aromatic heterocycles. The Morgan fingerprint density at radius 2 is 1.58 bits per heavy atom. The zero-order valence-corrected chi connectivity index (χ0v) is 27.4. The van der Waals surface area contributed by atoms with E-state index in [4.69, 9.17) is 4.74 Å². The molecule has 0 spiro atoms. The number of phenols is 1. The molecule has 1 saturated carbocycles. The molecule has 2 fully saturated rings. The van der Waals surface area contributed by atoms with Crippen LogP contribution in [0.15, 0.2) is 95.6 Å². The van der Waals surface area contributed by atoms with Crippen LogP contribution < -0.4 is 9.64 Å². The highest BCUT2D eigenvalue weighted by Crippen LogP contribution is 2.63. The van der Waals surface area contributed by atoms with Crippen LogP contribution in [0.2, 0.25) is 0 Å². The van der Waals surface area contributed by atoms with Gasteiger partial charge in [-0.15, -0.1) is 0 Å². The summed E-state index contributed by atoms with van der Waals surface area (Å²) in [6.45, 7) is 7.37. The van der Waals surface area contributed by atoms with Gasteiger partial charge in [0.1, 0.15) is 0 Å². The summed E-state index contributed by atoms with van der Waals surface area (Å²) in [6.07, 6.45) is 2.58. The molecule has 0 bridgehead atoms. The lowest BCUT2D eigenvalue weighted by Crippen LogP contribution is -2.55. The molecule has 244 valence electrons. The van der Waals surface area contributed by atoms with Crippen molar-refractivity contribution in [2.75, 3.05) is 11.5 Å². The van der Waals surface area contributed by atoms with Gasteiger partial charge in [-0.25, -0.2) is 0 Å². The molecule has 3 aliphatic carbocycles. The largest absolute Gasteiger partial charge is 0.504 e. The van der Waals surface area contributed by atoms with Crippen LogP contribution in [-0.4, -0.2) is 40.9 Å². The van der Waals surface area contributed by atoms with Crippen LogP contribution in [0.25, 0.3) is 0 Å². The summed E-state index contributed by atoms with van der Waals surface area (Å²) in [7, 11) is 0. The summed E-state index contributed by atoms with van der Waals surface area (Å²) < 4.78 is 5.71. The minimum atomic E-state index is -1.14. The summed E-state index contributed by atoms with van der Waals surface area (Å²) in [5, 5.41) is 10.5. The predicted octanol–water partition coefficient (Wildman–Crippen LogP) is 6.37. The van der Waals surface area contributed by atoms with Gasteiger partial charge in [-0.1, -0.05) is 55.0 Å². The SMILES string of the molecule is CCOc1cc([C@H]2C3=CC[C@@H]4C(=O)N(c5ccc(C(=O)c6ccccc6)cc5)C(=O)[C@@H]4[C@@H]3C[C@H]3C(=O)C(C)=C(C)C(=O)[C@@]23C)ccc1O. The number of amides is 2. The maximum absolute atomic E-state index is 14.4. The van der Waals surface area contributed by atoms with Crippen molar-refractivity contribution in [3.8, 4) is 11.5 Å². The number of phenolic OH excluding ortho intramolecular Hbond substituents is 1. The van der Waals surface area contributed by atoms with Crippen molar-refractivity contribution in [1.29, 1.82) is 0 Å². The van der Waals surface area contributed by atoms with Gasteiger partial charge in [0.2, 0.25) is 11.8 Å². The fourth-order valence-corrected chi connectivity index (χ4v) is 8.71. The van der Waals surface area contributed by atoms with Crippen molar-refractivity contribution >= 4 is 34.9 Å². The van der Waals surface area contributed by atoms with Crippen molar-refractivity contribution in [1.82, 2.24) is 0 Å². The molecule has 3 aromatic carbocycles. The molecule has 2 amide bonds. The molecule has 3 aromatic rings. The van der Waals surface area contributed by atoms with Crippen LogP contribution in [-0.2, 0) is 19.2 Å². The summed E-state index contributed by atoms with van der Waals surface area (Å²) in [6, 6.07) is 20.4. The van der Waals surface area contributed by atoms with Crippen LogP contribution in [0, 0.1) is 29.1 Å². The Hall–Kier alpha value is -5.11. The van der Waals surface area contributed by atoms with E-state index in [1.165, 1.54) is 11.0 Å². The second-order valence-corrected chi connectivity index (χ2v) is 13.5. The summed E-state index contributed by atoms with van der Waals surface area (Å²) in [5.41, 5.74) is 2.68. The Labute approximate surface area is 279 Å². The lowest BCUT2D eigenvalue weighted by atomic mass is 9.46. The van der Waals surface area contributed by atoms with Gasteiger partial charge in [-0.2, -0.15) is 0 Å². The number of rotatable bonds is 6. The molecule has 7 rings (SSSR count). The van der Waals surface area contributed by atoms with E-state index < -0.39 is 35.0 Å². The molecule has 0 unspecified atom stereocenters. The number of Topliss-reactive ketones (excluding diaryl/α,β-unsaturated/α-hetero) is 2. The number of hydrogen-bond acceptors (Lipinski definition) is 7. The number of anilines is 1. The first-order chi connectivity index (χ1) is 23.0. The van der Waals surface area contributed by atoms with E-state index >= 15 is 0 Å². The lowest BCUT2D eigenvalue weighted by Gasteiger charge is -2.54. The highest BCUT2D eigenvalue weighted by Gasteiger charge is 2.64. The highest BCUT2D eigenvalue weighted by atomic mass is 16.5. The normalized spacial score (nSPS) is 28.1. The smallest absolute Gasteiger partial charge is 0.238 e. The van der Waals surface area contributed by atoms with Crippen LogP contribution in [0.4, 0.5) is 5.69 Å². The molecule has 8 heteroatoms. The molecule has 1 saturated heterocycles. The third-order valence-electron chi connectivity index (χ3n) is 11.2. The minimum Gasteiger partial charge on any atom is -0.504 e. The Balaban J connectivity index is 1.28. The first-order valence-corrected chi connectivity index (χ1v) is 16.5. The predicted molar refractivity (Wildman–Crippen MR) is 179 cm³/mol. The minimum absolute atomic E-state index is 0.0333. The molecule has 4 aliphatic rings. The standard InChI is InChI=1S/C40H37NO7/c1-5-48-32-19-25(13-18-31(32)42)34-27-16-17-28-33(29(27)20-30-35(43)21(2)22(3)37(45)40(30,34)4)39(47)41(38(28)46)26-14-11-24(12-15-26)36(44)23-9-7-6-8-10-23/h6-16,18-19,28-30,33-34,42H,5,17,20H2,1-4H3/t28-,29+,30-,33-,34-,40+/m0/s1. The average Bonchev–Trinajstić information content (AvgIpc) is 3.36. The van der Waals surface area contributed by atoms with Crippen LogP contribution in [0.5, 0.6) is 11.5 Å². The van der Waals surface area contributed by atoms with Crippen molar-refractivity contribution in [2.24, 2.45) is 29.1 Å². The van der Waals surface area contributed by atoms with Gasteiger partial charge in [-0.05, 0) is 92.6 Å². The zero-order chi connectivity index (χ0) is 34.1. The van der Waals surface area contributed by atoms with Crippen LogP contribution in [0.3, 0.4) is 0 Å². The molecule has 48 heavy (non-hydrogen) atoms. The second-order valence-electron chi connectivity index (χ2n) is 13.5. The van der Waals surface area contributed by atoms with E-state index in [-0.39, 0.29) is 47.1 Å². The quantitative estimate of drug-likeness (QED) is 0.188. The topological polar surface area (TPSA) is 118 Å². The number of allylic oxidation sites excluding steroid dienone is 4. The van der Waals surface area contributed by atoms with E-state index in [9.17, 15) is 29.1 Å². The van der Waals surface area contributed by atoms with E-state index in [1.807, 2.05) is 26.0 Å². The van der Waals surface area contributed by atoms with Gasteiger partial charge < -0.3 is 9.84 Å². The van der Waals surface area contributed by atoms with E-state index in [2.05, 4.69) is 0 Å². The van der Waals surface area contributed by atoms with Crippen molar-refractivity contribution in [2.45, 2.75) is 46.5 Å². The van der Waals surface area contributed by atoms with Crippen LogP contribution in [0.1, 0.15) is 67.9 Å². The first kappa shape index (κ1) is 31.5. The summed E-state index contributed by atoms with van der Waals surface area (Å²) in [5.74, 6) is -3.87. The van der Waals surface area contributed by atoms with E-state index in [0.717, 1.165) is 5.57 Å².